The van der Waals surface area contributed by atoms with Crippen LogP contribution < -0.4 is 16.4 Å². The number of nitrogens with one attached hydrogen (secondary N) is 2. The van der Waals surface area contributed by atoms with Gasteiger partial charge in [0, 0.05) is 36.5 Å². The number of aromatic nitrogens is 1. The average molecular weight is 457 g/mol. The van der Waals surface area contributed by atoms with Crippen LogP contribution in [0.25, 0.3) is 17.8 Å². The molecule has 0 bridgehead atoms. The van der Waals surface area contributed by atoms with E-state index in [4.69, 9.17) is 5.73 Å². The van der Waals surface area contributed by atoms with Crippen LogP contribution in [0.1, 0.15) is 59.8 Å². The Balaban J connectivity index is 0.000000868. The van der Waals surface area contributed by atoms with Crippen LogP contribution in [0.2, 0.25) is 0 Å². The van der Waals surface area contributed by atoms with Crippen LogP contribution in [0.5, 0.6) is 0 Å². The second-order valence-corrected chi connectivity index (χ2v) is 8.94. The van der Waals surface area contributed by atoms with Gasteiger partial charge in [-0.2, -0.15) is 0 Å². The van der Waals surface area contributed by atoms with E-state index in [1.165, 1.54) is 23.7 Å². The molecule has 0 amide bonds. The molecule has 5 heteroatoms. The van der Waals surface area contributed by atoms with Crippen LogP contribution in [-0.4, -0.2) is 4.57 Å². The number of hydrogen-bond acceptors (Lipinski definition) is 3. The van der Waals surface area contributed by atoms with Gasteiger partial charge in [0.05, 0.1) is 11.7 Å². The highest BCUT2D eigenvalue weighted by Gasteiger charge is 2.22. The van der Waals surface area contributed by atoms with E-state index in [9.17, 15) is 4.39 Å². The topological polar surface area (TPSA) is 55.0 Å². The van der Waals surface area contributed by atoms with Crippen LogP contribution in [0.15, 0.2) is 66.6 Å². The number of nitrogens with two attached hydrogens (primary N) is 1. The van der Waals surface area contributed by atoms with Gasteiger partial charge in [0.2, 0.25) is 0 Å². The number of benzene rings is 2. The Morgan fingerprint density at radius 3 is 2.47 bits per heavy atom. The van der Waals surface area contributed by atoms with E-state index in [2.05, 4.69) is 65.7 Å². The number of rotatable bonds is 5. The van der Waals surface area contributed by atoms with Gasteiger partial charge in [0.1, 0.15) is 5.82 Å². The summed E-state index contributed by atoms with van der Waals surface area (Å²) in [7, 11) is 0. The first kappa shape index (κ1) is 23.4. The summed E-state index contributed by atoms with van der Waals surface area (Å²) in [6.07, 6.45) is 11.7. The fraction of sp³-hybridized carbons (Fsp3) is 0.241. The molecule has 1 atom stereocenters. The van der Waals surface area contributed by atoms with Crippen molar-refractivity contribution in [3.05, 3.63) is 106 Å². The van der Waals surface area contributed by atoms with E-state index < -0.39 is 0 Å². The Morgan fingerprint density at radius 1 is 1.06 bits per heavy atom. The average Bonchev–Trinajstić information content (AvgIpc) is 3.10. The number of allylic oxidation sites excluding steroid dienone is 1. The minimum Gasteiger partial charge on any atom is -0.399 e. The van der Waals surface area contributed by atoms with E-state index in [1.807, 2.05) is 37.4 Å². The number of nitrogens with zero attached hydrogens (tertiary/aromatic N) is 1. The van der Waals surface area contributed by atoms with Crippen LogP contribution in [-0.2, 0) is 6.54 Å². The van der Waals surface area contributed by atoms with Crippen LogP contribution in [0.4, 0.5) is 10.1 Å². The van der Waals surface area contributed by atoms with E-state index in [0.29, 0.717) is 5.56 Å². The van der Waals surface area contributed by atoms with Crippen molar-refractivity contribution >= 4 is 23.5 Å². The summed E-state index contributed by atoms with van der Waals surface area (Å²) in [6, 6.07) is 13.5. The Labute approximate surface area is 201 Å². The standard InChI is InChI=1S/C26H25FN4.C3H8/c1-16-9-20(3-5-24(16)27)26-23(19-4-6-25(28)17(2)10-19)12-21(14-30-26)29-13-18-11-22-7-8-31(22)15-18;1-3-2/h3-12,14-15,26,29-30H,13,28H2,1-2H3;3H2,1-2H3. The highest BCUT2D eigenvalue weighted by atomic mass is 19.1. The van der Waals surface area contributed by atoms with Crippen LogP contribution >= 0.6 is 0 Å². The molecule has 1 aromatic heterocycles. The zero-order valence-corrected chi connectivity index (χ0v) is 20.3. The first-order valence-electron chi connectivity index (χ1n) is 11.8. The predicted molar refractivity (Wildman–Crippen MR) is 141 cm³/mol. The molecule has 0 saturated carbocycles. The SMILES string of the molecule is CCC.Cc1cc(C2=CC(NCc3cc4n(c3)C=C4)=CNC2c2ccc(F)c(C)c2)ccc1N. The number of halogens is 1. The van der Waals surface area contributed by atoms with Gasteiger partial charge in [-0.1, -0.05) is 38.5 Å². The van der Waals surface area contributed by atoms with Crippen LogP contribution in [0.3, 0.4) is 0 Å². The summed E-state index contributed by atoms with van der Waals surface area (Å²) in [4.78, 5) is 0. The number of nitrogen functional groups attached to an aromatic ring is 1. The first-order chi connectivity index (χ1) is 16.4. The molecule has 3 heterocycles. The summed E-state index contributed by atoms with van der Waals surface area (Å²) >= 11 is 0. The number of fused-ring (bicyclic) bond motifs is 1. The van der Waals surface area contributed by atoms with Gasteiger partial charge < -0.3 is 20.9 Å². The first-order valence-corrected chi connectivity index (χ1v) is 11.8. The molecular weight excluding hydrogens is 423 g/mol. The molecule has 34 heavy (non-hydrogen) atoms. The second kappa shape index (κ2) is 10.0. The summed E-state index contributed by atoms with van der Waals surface area (Å²) in [6.45, 7) is 8.79. The second-order valence-electron chi connectivity index (χ2n) is 8.94. The van der Waals surface area contributed by atoms with Gasteiger partial charge in [-0.3, -0.25) is 0 Å². The number of aryl methyl sites for hydroxylation is 2. The maximum absolute atomic E-state index is 13.9. The molecule has 0 fully saturated rings. The zero-order chi connectivity index (χ0) is 24.2. The van der Waals surface area contributed by atoms with Crippen molar-refractivity contribution in [1.29, 1.82) is 0 Å². The molecule has 0 saturated heterocycles. The third kappa shape index (κ3) is 4.93. The minimum atomic E-state index is -0.190. The maximum Gasteiger partial charge on any atom is 0.126 e. The lowest BCUT2D eigenvalue weighted by Gasteiger charge is -2.27. The molecule has 0 spiro atoms. The molecule has 1 unspecified atom stereocenters. The van der Waals surface area contributed by atoms with Gasteiger partial charge in [0.15, 0.2) is 0 Å². The van der Waals surface area contributed by atoms with E-state index in [-0.39, 0.29) is 11.9 Å². The molecule has 3 aromatic rings. The summed E-state index contributed by atoms with van der Waals surface area (Å²) in [5.41, 5.74) is 15.2. The van der Waals surface area contributed by atoms with Gasteiger partial charge in [-0.25, -0.2) is 4.39 Å². The monoisotopic (exact) mass is 456 g/mol. The lowest BCUT2D eigenvalue weighted by atomic mass is 9.89. The Hall–Kier alpha value is -3.73. The van der Waals surface area contributed by atoms with Crippen molar-refractivity contribution in [3.63, 3.8) is 0 Å². The van der Waals surface area contributed by atoms with Crippen molar-refractivity contribution in [1.82, 2.24) is 15.2 Å². The fourth-order valence-corrected chi connectivity index (χ4v) is 4.08. The summed E-state index contributed by atoms with van der Waals surface area (Å²) in [5, 5.41) is 7.04. The number of anilines is 1. The van der Waals surface area contributed by atoms with Crippen molar-refractivity contribution in [2.24, 2.45) is 0 Å². The Kier molecular flexibility index (Phi) is 6.92. The summed E-state index contributed by atoms with van der Waals surface area (Å²) < 4.78 is 16.0. The van der Waals surface area contributed by atoms with Crippen molar-refractivity contribution in [2.75, 3.05) is 5.73 Å². The molecule has 2 aliphatic rings. The fourth-order valence-electron chi connectivity index (χ4n) is 4.08. The van der Waals surface area contributed by atoms with Crippen molar-refractivity contribution < 1.29 is 4.39 Å². The van der Waals surface area contributed by atoms with Gasteiger partial charge in [-0.05, 0) is 83.7 Å². The normalized spacial score (nSPS) is 15.7. The highest BCUT2D eigenvalue weighted by Crippen LogP contribution is 2.35. The largest absolute Gasteiger partial charge is 0.399 e. The van der Waals surface area contributed by atoms with E-state index >= 15 is 0 Å². The van der Waals surface area contributed by atoms with Crippen LogP contribution in [0, 0.1) is 19.7 Å². The maximum atomic E-state index is 13.9. The molecule has 0 radical (unpaired) electrons. The molecule has 2 aromatic carbocycles. The third-order valence-corrected chi connectivity index (χ3v) is 5.98. The smallest absolute Gasteiger partial charge is 0.126 e. The molecular formula is C29H33FN4. The Morgan fingerprint density at radius 2 is 1.85 bits per heavy atom. The predicted octanol–water partition coefficient (Wildman–Crippen LogP) is 6.54. The van der Waals surface area contributed by atoms with E-state index in [0.717, 1.165) is 40.2 Å². The highest BCUT2D eigenvalue weighted by molar-refractivity contribution is 5.76. The summed E-state index contributed by atoms with van der Waals surface area (Å²) in [5.74, 6) is -0.190. The minimum absolute atomic E-state index is 0.0770. The van der Waals surface area contributed by atoms with Gasteiger partial charge in [0.25, 0.3) is 0 Å². The third-order valence-electron chi connectivity index (χ3n) is 5.98. The van der Waals surface area contributed by atoms with Gasteiger partial charge in [-0.15, -0.1) is 0 Å². The Bertz CT molecular complexity index is 1260. The van der Waals surface area contributed by atoms with Gasteiger partial charge >= 0.3 is 0 Å². The molecule has 176 valence electrons. The lowest BCUT2D eigenvalue weighted by Crippen LogP contribution is -2.25. The molecule has 0 aliphatic carbocycles. The number of dihydropyridines is 1. The molecule has 4 N–H and O–H groups in total. The van der Waals surface area contributed by atoms with E-state index in [1.54, 1.807) is 6.92 Å². The lowest BCUT2D eigenvalue weighted by molar-refractivity contribution is 0.615. The van der Waals surface area contributed by atoms with Crippen molar-refractivity contribution in [3.8, 4) is 0 Å². The zero-order valence-electron chi connectivity index (χ0n) is 20.3. The van der Waals surface area contributed by atoms with Crippen molar-refractivity contribution in [2.45, 2.75) is 46.7 Å². The molecule has 5 rings (SSSR count). The number of hydrogen-bond donors (Lipinski definition) is 3. The molecule has 2 aliphatic heterocycles. The molecule has 4 nitrogen and oxygen atoms in total. The quantitative estimate of drug-likeness (QED) is 0.299.